The van der Waals surface area contributed by atoms with Gasteiger partial charge in [0.25, 0.3) is 0 Å². The molecule has 1 amide bonds. The Balaban J connectivity index is 2.05. The standard InChI is InChI=1S/C10H20N2O2/c1-8(10(13)11-2)12-6-5-9-4-3-7-14-9/h8-9,12H,3-7H2,1-2H3,(H,11,13). The van der Waals surface area contributed by atoms with E-state index in [1.807, 2.05) is 6.92 Å². The van der Waals surface area contributed by atoms with Crippen LogP contribution in [0.3, 0.4) is 0 Å². The Hall–Kier alpha value is -0.610. The predicted molar refractivity (Wildman–Crippen MR) is 55.1 cm³/mol. The zero-order valence-corrected chi connectivity index (χ0v) is 9.01. The van der Waals surface area contributed by atoms with E-state index in [-0.39, 0.29) is 11.9 Å². The maximum Gasteiger partial charge on any atom is 0.236 e. The highest BCUT2D eigenvalue weighted by molar-refractivity contribution is 5.80. The van der Waals surface area contributed by atoms with Crippen molar-refractivity contribution in [2.75, 3.05) is 20.2 Å². The van der Waals surface area contributed by atoms with Gasteiger partial charge in [-0.1, -0.05) is 0 Å². The first-order valence-electron chi connectivity index (χ1n) is 5.30. The van der Waals surface area contributed by atoms with E-state index in [1.54, 1.807) is 7.05 Å². The molecule has 14 heavy (non-hydrogen) atoms. The van der Waals surface area contributed by atoms with Crippen LogP contribution in [-0.2, 0) is 9.53 Å². The molecule has 4 heteroatoms. The number of amides is 1. The van der Waals surface area contributed by atoms with Crippen molar-refractivity contribution in [1.29, 1.82) is 0 Å². The lowest BCUT2D eigenvalue weighted by molar-refractivity contribution is -0.122. The van der Waals surface area contributed by atoms with Gasteiger partial charge in [-0.25, -0.2) is 0 Å². The maximum atomic E-state index is 11.1. The minimum Gasteiger partial charge on any atom is -0.378 e. The fourth-order valence-corrected chi connectivity index (χ4v) is 1.64. The van der Waals surface area contributed by atoms with Gasteiger partial charge in [0.05, 0.1) is 12.1 Å². The van der Waals surface area contributed by atoms with Crippen molar-refractivity contribution in [2.24, 2.45) is 0 Å². The Morgan fingerprint density at radius 2 is 2.43 bits per heavy atom. The van der Waals surface area contributed by atoms with Crippen LogP contribution in [0, 0.1) is 0 Å². The molecule has 1 rings (SSSR count). The third kappa shape index (κ3) is 3.64. The van der Waals surface area contributed by atoms with Gasteiger partial charge < -0.3 is 15.4 Å². The molecule has 0 aliphatic carbocycles. The van der Waals surface area contributed by atoms with E-state index in [2.05, 4.69) is 10.6 Å². The molecule has 1 aliphatic heterocycles. The maximum absolute atomic E-state index is 11.1. The number of hydrogen-bond acceptors (Lipinski definition) is 3. The Morgan fingerprint density at radius 1 is 1.64 bits per heavy atom. The van der Waals surface area contributed by atoms with Crippen LogP contribution in [0.4, 0.5) is 0 Å². The molecule has 1 saturated heterocycles. The minimum atomic E-state index is -0.110. The fraction of sp³-hybridized carbons (Fsp3) is 0.900. The molecule has 1 heterocycles. The molecule has 2 N–H and O–H groups in total. The van der Waals surface area contributed by atoms with Gasteiger partial charge in [0.15, 0.2) is 0 Å². The van der Waals surface area contributed by atoms with Crippen LogP contribution < -0.4 is 10.6 Å². The predicted octanol–water partition coefficient (Wildman–Crippen LogP) is 0.280. The van der Waals surface area contributed by atoms with E-state index in [4.69, 9.17) is 4.74 Å². The number of hydrogen-bond donors (Lipinski definition) is 2. The normalized spacial score (nSPS) is 23.4. The first-order valence-corrected chi connectivity index (χ1v) is 5.30. The van der Waals surface area contributed by atoms with Crippen LogP contribution in [0.25, 0.3) is 0 Å². The first kappa shape index (κ1) is 11.5. The number of nitrogens with one attached hydrogen (secondary N) is 2. The summed E-state index contributed by atoms with van der Waals surface area (Å²) in [7, 11) is 1.65. The second-order valence-electron chi connectivity index (χ2n) is 3.71. The largest absolute Gasteiger partial charge is 0.378 e. The first-order chi connectivity index (χ1) is 6.74. The van der Waals surface area contributed by atoms with Crippen molar-refractivity contribution in [3.8, 4) is 0 Å². The van der Waals surface area contributed by atoms with Crippen LogP contribution in [0.5, 0.6) is 0 Å². The monoisotopic (exact) mass is 200 g/mol. The summed E-state index contributed by atoms with van der Waals surface area (Å²) in [6, 6.07) is -0.110. The van der Waals surface area contributed by atoms with Gasteiger partial charge in [0, 0.05) is 13.7 Å². The topological polar surface area (TPSA) is 50.4 Å². The lowest BCUT2D eigenvalue weighted by Crippen LogP contribution is -2.41. The molecule has 0 spiro atoms. The lowest BCUT2D eigenvalue weighted by atomic mass is 10.2. The van der Waals surface area contributed by atoms with Crippen LogP contribution in [0.2, 0.25) is 0 Å². The molecule has 1 fully saturated rings. The van der Waals surface area contributed by atoms with Crippen molar-refractivity contribution in [1.82, 2.24) is 10.6 Å². The molecule has 0 radical (unpaired) electrons. The van der Waals surface area contributed by atoms with E-state index >= 15 is 0 Å². The van der Waals surface area contributed by atoms with Crippen molar-refractivity contribution in [3.63, 3.8) is 0 Å². The average molecular weight is 200 g/mol. The van der Waals surface area contributed by atoms with E-state index in [0.29, 0.717) is 6.10 Å². The van der Waals surface area contributed by atoms with Crippen molar-refractivity contribution >= 4 is 5.91 Å². The molecule has 2 atom stereocenters. The van der Waals surface area contributed by atoms with E-state index < -0.39 is 0 Å². The van der Waals surface area contributed by atoms with Gasteiger partial charge in [-0.3, -0.25) is 4.79 Å². The summed E-state index contributed by atoms with van der Waals surface area (Å²) < 4.78 is 5.48. The highest BCUT2D eigenvalue weighted by atomic mass is 16.5. The zero-order valence-electron chi connectivity index (χ0n) is 9.01. The highest BCUT2D eigenvalue weighted by Gasteiger charge is 2.16. The molecular weight excluding hydrogens is 180 g/mol. The fourth-order valence-electron chi connectivity index (χ4n) is 1.64. The minimum absolute atomic E-state index is 0.0392. The van der Waals surface area contributed by atoms with Crippen molar-refractivity contribution in [2.45, 2.75) is 38.3 Å². The van der Waals surface area contributed by atoms with Gasteiger partial charge >= 0.3 is 0 Å². The van der Waals surface area contributed by atoms with Gasteiger partial charge in [-0.05, 0) is 32.7 Å². The zero-order chi connectivity index (χ0) is 10.4. The third-order valence-electron chi connectivity index (χ3n) is 2.58. The van der Waals surface area contributed by atoms with E-state index in [9.17, 15) is 4.79 Å². The van der Waals surface area contributed by atoms with Crippen LogP contribution in [0.15, 0.2) is 0 Å². The summed E-state index contributed by atoms with van der Waals surface area (Å²) in [4.78, 5) is 11.1. The number of carbonyl (C=O) groups is 1. The second-order valence-corrected chi connectivity index (χ2v) is 3.71. The Bertz CT molecular complexity index is 179. The van der Waals surface area contributed by atoms with Gasteiger partial charge in [-0.15, -0.1) is 0 Å². The van der Waals surface area contributed by atoms with Gasteiger partial charge in [0.2, 0.25) is 5.91 Å². The quantitative estimate of drug-likeness (QED) is 0.670. The summed E-state index contributed by atoms with van der Waals surface area (Å²) in [5, 5.41) is 5.78. The van der Waals surface area contributed by atoms with Crippen LogP contribution >= 0.6 is 0 Å². The smallest absolute Gasteiger partial charge is 0.236 e. The van der Waals surface area contributed by atoms with Gasteiger partial charge in [0.1, 0.15) is 0 Å². The van der Waals surface area contributed by atoms with Crippen LogP contribution in [0.1, 0.15) is 26.2 Å². The SMILES string of the molecule is CNC(=O)C(C)NCCC1CCCO1. The summed E-state index contributed by atoms with van der Waals surface area (Å²) in [6.07, 6.45) is 3.74. The molecule has 2 unspecified atom stereocenters. The van der Waals surface area contributed by atoms with Crippen LogP contribution in [-0.4, -0.2) is 38.3 Å². The van der Waals surface area contributed by atoms with Crippen molar-refractivity contribution < 1.29 is 9.53 Å². The third-order valence-corrected chi connectivity index (χ3v) is 2.58. The molecule has 1 aliphatic rings. The number of ether oxygens (including phenoxy) is 1. The summed E-state index contributed by atoms with van der Waals surface area (Å²) >= 11 is 0. The summed E-state index contributed by atoms with van der Waals surface area (Å²) in [5.41, 5.74) is 0. The number of rotatable bonds is 5. The molecule has 82 valence electrons. The summed E-state index contributed by atoms with van der Waals surface area (Å²) in [6.45, 7) is 3.61. The summed E-state index contributed by atoms with van der Waals surface area (Å²) in [5.74, 6) is 0.0392. The Morgan fingerprint density at radius 3 is 3.00 bits per heavy atom. The Labute approximate surface area is 85.4 Å². The highest BCUT2D eigenvalue weighted by Crippen LogP contribution is 2.14. The number of likely N-dealkylation sites (N-methyl/N-ethyl adjacent to an activating group) is 1. The molecule has 0 aromatic rings. The van der Waals surface area contributed by atoms with E-state index in [0.717, 1.165) is 26.0 Å². The molecule has 0 aromatic carbocycles. The molecule has 0 saturated carbocycles. The van der Waals surface area contributed by atoms with Crippen molar-refractivity contribution in [3.05, 3.63) is 0 Å². The van der Waals surface area contributed by atoms with Gasteiger partial charge in [-0.2, -0.15) is 0 Å². The molecule has 4 nitrogen and oxygen atoms in total. The molecule has 0 aromatic heterocycles. The second kappa shape index (κ2) is 5.98. The van der Waals surface area contributed by atoms with E-state index in [1.165, 1.54) is 6.42 Å². The average Bonchev–Trinajstić information content (AvgIpc) is 2.69. The molecule has 0 bridgehead atoms. The molecular formula is C10H20N2O2. The number of carbonyl (C=O) groups excluding carboxylic acids is 1. The Kier molecular flexibility index (Phi) is 4.90. The lowest BCUT2D eigenvalue weighted by Gasteiger charge is -2.14.